The van der Waals surface area contributed by atoms with E-state index < -0.39 is 0 Å². The number of rotatable bonds is 15. The Morgan fingerprint density at radius 3 is 2.11 bits per heavy atom. The lowest BCUT2D eigenvalue weighted by Crippen LogP contribution is -2.47. The van der Waals surface area contributed by atoms with Gasteiger partial charge in [0, 0.05) is 50.9 Å². The summed E-state index contributed by atoms with van der Waals surface area (Å²) in [7, 11) is 3.80. The summed E-state index contributed by atoms with van der Waals surface area (Å²) in [6.07, 6.45) is 3.81. The van der Waals surface area contributed by atoms with Gasteiger partial charge in [-0.3, -0.25) is 14.4 Å². The normalized spacial score (nSPS) is 12.7. The lowest BCUT2D eigenvalue weighted by Gasteiger charge is -2.32. The fourth-order valence-electron chi connectivity index (χ4n) is 5.05. The fraction of sp³-hybridized carbons (Fsp3) is 0.400. The van der Waals surface area contributed by atoms with Crippen molar-refractivity contribution in [2.24, 2.45) is 5.73 Å². The molecule has 3 N–H and O–H groups in total. The summed E-state index contributed by atoms with van der Waals surface area (Å²) in [5.74, 6) is 0.846. The van der Waals surface area contributed by atoms with E-state index in [4.69, 9.17) is 15.2 Å². The molecule has 1 fully saturated rings. The Kier molecular flexibility index (Phi) is 17.1. The maximum atomic E-state index is 13.4. The Balaban J connectivity index is 0.00000384. The Bertz CT molecular complexity index is 1420. The van der Waals surface area contributed by atoms with Crippen LogP contribution in [-0.4, -0.2) is 87.6 Å². The number of nitrogens with one attached hydrogen (secondary N) is 1. The van der Waals surface area contributed by atoms with E-state index in [-0.39, 0.29) is 42.5 Å². The quantitative estimate of drug-likeness (QED) is 0.203. The van der Waals surface area contributed by atoms with Crippen LogP contribution in [0.15, 0.2) is 72.8 Å². The number of ether oxygens (including phenoxy) is 2. The van der Waals surface area contributed by atoms with E-state index in [0.717, 1.165) is 45.4 Å². The molecule has 12 heteroatoms. The summed E-state index contributed by atoms with van der Waals surface area (Å²) in [5, 5.41) is 2.88. The summed E-state index contributed by atoms with van der Waals surface area (Å²) in [6.45, 7) is 4.92. The molecule has 0 saturated carbocycles. The summed E-state index contributed by atoms with van der Waals surface area (Å²) in [4.78, 5) is 44.5. The lowest BCUT2D eigenvalue weighted by molar-refractivity contribution is -0.132. The van der Waals surface area contributed by atoms with Crippen LogP contribution in [0.1, 0.15) is 52.8 Å². The third-order valence-corrected chi connectivity index (χ3v) is 7.81. The van der Waals surface area contributed by atoms with Gasteiger partial charge in [-0.05, 0) is 87.8 Å². The van der Waals surface area contributed by atoms with Crippen molar-refractivity contribution in [2.45, 2.75) is 32.1 Å². The number of piperazine rings is 1. The number of hydrogen-bond acceptors (Lipinski definition) is 7. The maximum absolute atomic E-state index is 13.4. The van der Waals surface area contributed by atoms with Crippen molar-refractivity contribution < 1.29 is 23.9 Å². The van der Waals surface area contributed by atoms with Crippen molar-refractivity contribution in [3.63, 3.8) is 0 Å². The Morgan fingerprint density at radius 1 is 0.787 bits per heavy atom. The smallest absolute Gasteiger partial charge is 0.259 e. The van der Waals surface area contributed by atoms with E-state index >= 15 is 0 Å². The van der Waals surface area contributed by atoms with Gasteiger partial charge in [0.25, 0.3) is 11.8 Å². The Morgan fingerprint density at radius 2 is 1.40 bits per heavy atom. The number of carbonyl (C=O) groups is 3. The van der Waals surface area contributed by atoms with Crippen molar-refractivity contribution in [1.29, 1.82) is 0 Å². The van der Waals surface area contributed by atoms with E-state index in [9.17, 15) is 14.4 Å². The number of unbranched alkanes of at least 4 members (excludes halogenated alkanes) is 2. The van der Waals surface area contributed by atoms with Crippen LogP contribution >= 0.6 is 24.8 Å². The topological polar surface area (TPSA) is 117 Å². The average molecular weight is 689 g/mol. The largest absolute Gasteiger partial charge is 0.493 e. The molecule has 1 aliphatic rings. The number of anilines is 2. The molecular weight excluding hydrogens is 641 g/mol. The van der Waals surface area contributed by atoms with Crippen molar-refractivity contribution in [3.05, 3.63) is 83.9 Å². The molecule has 0 unspecified atom stereocenters. The van der Waals surface area contributed by atoms with Gasteiger partial charge < -0.3 is 35.2 Å². The van der Waals surface area contributed by atoms with Crippen molar-refractivity contribution >= 4 is 53.9 Å². The zero-order valence-electron chi connectivity index (χ0n) is 27.2. The number of hydrogen-bond donors (Lipinski definition) is 2. The van der Waals surface area contributed by atoms with Gasteiger partial charge in [-0.2, -0.15) is 0 Å². The van der Waals surface area contributed by atoms with Gasteiger partial charge in [-0.15, -0.1) is 24.8 Å². The molecular formula is C35H47Cl2N5O5. The highest BCUT2D eigenvalue weighted by Crippen LogP contribution is 2.29. The number of benzene rings is 3. The van der Waals surface area contributed by atoms with Crippen LogP contribution in [0, 0.1) is 0 Å². The fourth-order valence-corrected chi connectivity index (χ4v) is 5.05. The van der Waals surface area contributed by atoms with Crippen LogP contribution < -0.4 is 25.4 Å². The minimum Gasteiger partial charge on any atom is -0.493 e. The third-order valence-electron chi connectivity index (χ3n) is 7.81. The highest BCUT2D eigenvalue weighted by molar-refractivity contribution is 6.08. The molecule has 47 heavy (non-hydrogen) atoms. The van der Waals surface area contributed by atoms with Crippen molar-refractivity contribution in [2.75, 3.05) is 70.2 Å². The Hall–Kier alpha value is -3.83. The summed E-state index contributed by atoms with van der Waals surface area (Å²) in [5.41, 5.74) is 7.66. The number of carbonyl (C=O) groups excluding carboxylic acids is 3. The molecule has 0 atom stereocenters. The zero-order valence-corrected chi connectivity index (χ0v) is 28.8. The average Bonchev–Trinajstić information content (AvgIpc) is 3.06. The number of amides is 3. The van der Waals surface area contributed by atoms with Gasteiger partial charge in [0.15, 0.2) is 0 Å². The highest BCUT2D eigenvalue weighted by atomic mass is 35.5. The summed E-state index contributed by atoms with van der Waals surface area (Å²) in [6, 6.07) is 21.3. The molecule has 0 bridgehead atoms. The van der Waals surface area contributed by atoms with Crippen LogP contribution in [-0.2, 0) is 4.79 Å². The molecule has 0 aliphatic carbocycles. The predicted octanol–water partition coefficient (Wildman–Crippen LogP) is 5.50. The second kappa shape index (κ2) is 20.4. The van der Waals surface area contributed by atoms with Gasteiger partial charge >= 0.3 is 0 Å². The molecule has 1 saturated heterocycles. The number of nitrogens with zero attached hydrogens (tertiary/aromatic N) is 3. The zero-order chi connectivity index (χ0) is 32.0. The Labute approximate surface area is 290 Å². The summed E-state index contributed by atoms with van der Waals surface area (Å²) >= 11 is 0. The molecule has 1 aliphatic heterocycles. The molecule has 256 valence electrons. The maximum Gasteiger partial charge on any atom is 0.259 e. The number of para-hydroxylation sites is 3. The predicted molar refractivity (Wildman–Crippen MR) is 192 cm³/mol. The van der Waals surface area contributed by atoms with E-state index in [1.165, 1.54) is 0 Å². The van der Waals surface area contributed by atoms with E-state index in [2.05, 4.69) is 17.3 Å². The highest BCUT2D eigenvalue weighted by Gasteiger charge is 2.20. The molecule has 0 aromatic heterocycles. The van der Waals surface area contributed by atoms with Crippen LogP contribution in [0.2, 0.25) is 0 Å². The standard InChI is InChI=1S/C35H45N5O5.2ClH/c1-38-21-23-40(24-22-38)33(41)15-4-3-9-25-45-32-14-8-6-12-30(32)39(2)35(43)27-16-18-28(19-17-27)37-34(42)29-11-5-7-13-31(29)44-26-10-20-36;;/h5-8,11-14,16-19H,3-4,9-10,15,20-26,36H2,1-2H3,(H,37,42);2*1H. The van der Waals surface area contributed by atoms with E-state index in [1.54, 1.807) is 54.4 Å². The number of likely N-dealkylation sites (N-methyl/N-ethyl adjacent to an activating group) is 1. The van der Waals surface area contributed by atoms with E-state index in [0.29, 0.717) is 66.6 Å². The first-order valence-corrected chi connectivity index (χ1v) is 15.7. The third kappa shape index (κ3) is 11.7. The summed E-state index contributed by atoms with van der Waals surface area (Å²) < 4.78 is 11.8. The van der Waals surface area contributed by atoms with Gasteiger partial charge in [0.1, 0.15) is 11.5 Å². The number of nitrogens with two attached hydrogens (primary N) is 1. The van der Waals surface area contributed by atoms with Crippen LogP contribution in [0.25, 0.3) is 0 Å². The number of halogens is 2. The first-order chi connectivity index (χ1) is 21.9. The van der Waals surface area contributed by atoms with Gasteiger partial charge in [0.2, 0.25) is 5.91 Å². The SMILES string of the molecule is CN1CCN(C(=O)CCCCCOc2ccccc2N(C)C(=O)c2ccc(NC(=O)c3ccccc3OCCCN)cc2)CC1.Cl.Cl. The first-order valence-electron chi connectivity index (χ1n) is 15.7. The van der Waals surface area contributed by atoms with Crippen molar-refractivity contribution in [3.8, 4) is 11.5 Å². The van der Waals surface area contributed by atoms with Crippen LogP contribution in [0.4, 0.5) is 11.4 Å². The lowest BCUT2D eigenvalue weighted by atomic mass is 10.1. The van der Waals surface area contributed by atoms with Crippen molar-refractivity contribution in [1.82, 2.24) is 9.80 Å². The van der Waals surface area contributed by atoms with Gasteiger partial charge in [0.05, 0.1) is 24.5 Å². The van der Waals surface area contributed by atoms with Crippen LogP contribution in [0.3, 0.4) is 0 Å². The monoisotopic (exact) mass is 687 g/mol. The second-order valence-electron chi connectivity index (χ2n) is 11.2. The first kappa shape index (κ1) is 39.3. The van der Waals surface area contributed by atoms with E-state index in [1.807, 2.05) is 35.2 Å². The van der Waals surface area contributed by atoms with Gasteiger partial charge in [-0.25, -0.2) is 0 Å². The molecule has 0 spiro atoms. The minimum atomic E-state index is -0.303. The minimum absolute atomic E-state index is 0. The molecule has 3 amide bonds. The second-order valence-corrected chi connectivity index (χ2v) is 11.2. The molecule has 0 radical (unpaired) electrons. The molecule has 3 aromatic carbocycles. The molecule has 4 rings (SSSR count). The van der Waals surface area contributed by atoms with Gasteiger partial charge in [-0.1, -0.05) is 24.3 Å². The molecule has 3 aromatic rings. The molecule has 1 heterocycles. The molecule has 10 nitrogen and oxygen atoms in total. The van der Waals surface area contributed by atoms with Crippen LogP contribution in [0.5, 0.6) is 11.5 Å².